The summed E-state index contributed by atoms with van der Waals surface area (Å²) in [6.45, 7) is 2.74. The van der Waals surface area contributed by atoms with Gasteiger partial charge in [-0.2, -0.15) is 0 Å². The smallest absolute Gasteiger partial charge is 0.336 e. The second-order valence-corrected chi connectivity index (χ2v) is 5.04. The topological polar surface area (TPSA) is 157 Å². The molecule has 0 spiro atoms. The molecule has 1 rings (SSSR count). The summed E-state index contributed by atoms with van der Waals surface area (Å²) in [6.07, 6.45) is -8.58. The van der Waals surface area contributed by atoms with Crippen LogP contribution in [0.4, 0.5) is 0 Å². The van der Waals surface area contributed by atoms with Crippen LogP contribution >= 0.6 is 0 Å². The fourth-order valence-electron chi connectivity index (χ4n) is 1.91. The predicted octanol–water partition coefficient (Wildman–Crippen LogP) is -2.98. The molecular formula is C13H22O9. The van der Waals surface area contributed by atoms with Crippen LogP contribution in [-0.2, 0) is 14.3 Å². The van der Waals surface area contributed by atoms with Gasteiger partial charge in [0.25, 0.3) is 0 Å². The third kappa shape index (κ3) is 4.71. The van der Waals surface area contributed by atoms with E-state index in [2.05, 4.69) is 6.58 Å². The number of aliphatic hydroxyl groups excluding tert-OH is 6. The fraction of sp³-hybridized carbons (Fsp3) is 0.769. The number of ether oxygens (including phenoxy) is 2. The van der Waals surface area contributed by atoms with Crippen molar-refractivity contribution in [2.75, 3.05) is 13.2 Å². The number of aliphatic hydroxyl groups is 6. The second kappa shape index (κ2) is 8.53. The van der Waals surface area contributed by atoms with Crippen molar-refractivity contribution in [2.45, 2.75) is 49.7 Å². The first kappa shape index (κ1) is 19.0. The van der Waals surface area contributed by atoms with Crippen LogP contribution < -0.4 is 0 Å². The highest BCUT2D eigenvalue weighted by Gasteiger charge is 2.43. The van der Waals surface area contributed by atoms with Crippen LogP contribution in [-0.4, -0.2) is 86.6 Å². The minimum Gasteiger partial charge on any atom is -0.459 e. The number of carbonyl (C=O) groups is 1. The summed E-state index contributed by atoms with van der Waals surface area (Å²) in [7, 11) is 0. The van der Waals surface area contributed by atoms with Gasteiger partial charge in [0, 0.05) is 6.61 Å². The quantitative estimate of drug-likeness (QED) is 0.212. The fourth-order valence-corrected chi connectivity index (χ4v) is 1.91. The van der Waals surface area contributed by atoms with Crippen molar-refractivity contribution in [3.8, 4) is 0 Å². The van der Waals surface area contributed by atoms with Crippen LogP contribution in [0.15, 0.2) is 12.2 Å². The average Bonchev–Trinajstić information content (AvgIpc) is 2.51. The Kier molecular flexibility index (Phi) is 7.36. The number of carbonyl (C=O) groups excluding carboxylic acids is 1. The van der Waals surface area contributed by atoms with E-state index in [1.54, 1.807) is 0 Å². The molecule has 6 atom stereocenters. The Hall–Kier alpha value is -1.07. The molecule has 1 saturated heterocycles. The van der Waals surface area contributed by atoms with E-state index < -0.39 is 49.4 Å². The SMILES string of the molecule is C=C(C(=O)OC[C@H]1OC(O)[C@H](O)[C@@H](O)[C@@H]1O)[C@H](O)CCCO. The maximum absolute atomic E-state index is 11.7. The van der Waals surface area contributed by atoms with E-state index >= 15 is 0 Å². The van der Waals surface area contributed by atoms with Crippen molar-refractivity contribution in [3.05, 3.63) is 12.2 Å². The van der Waals surface area contributed by atoms with Gasteiger partial charge in [0.2, 0.25) is 0 Å². The molecule has 0 aromatic carbocycles. The van der Waals surface area contributed by atoms with Gasteiger partial charge < -0.3 is 40.1 Å². The molecule has 1 aliphatic heterocycles. The van der Waals surface area contributed by atoms with Crippen molar-refractivity contribution < 1.29 is 44.9 Å². The highest BCUT2D eigenvalue weighted by Crippen LogP contribution is 2.20. The van der Waals surface area contributed by atoms with Crippen molar-refractivity contribution in [3.63, 3.8) is 0 Å². The monoisotopic (exact) mass is 322 g/mol. The molecule has 128 valence electrons. The zero-order valence-electron chi connectivity index (χ0n) is 11.9. The van der Waals surface area contributed by atoms with E-state index in [-0.39, 0.29) is 25.0 Å². The molecule has 9 nitrogen and oxygen atoms in total. The van der Waals surface area contributed by atoms with Crippen molar-refractivity contribution >= 4 is 5.97 Å². The van der Waals surface area contributed by atoms with Gasteiger partial charge >= 0.3 is 5.97 Å². The molecule has 0 radical (unpaired) electrons. The van der Waals surface area contributed by atoms with E-state index in [1.165, 1.54) is 0 Å². The van der Waals surface area contributed by atoms with Gasteiger partial charge in [-0.15, -0.1) is 0 Å². The predicted molar refractivity (Wildman–Crippen MR) is 71.3 cm³/mol. The molecule has 1 fully saturated rings. The number of hydrogen-bond donors (Lipinski definition) is 6. The van der Waals surface area contributed by atoms with Crippen LogP contribution in [0.25, 0.3) is 0 Å². The Bertz CT molecular complexity index is 386. The van der Waals surface area contributed by atoms with E-state index in [9.17, 15) is 30.3 Å². The third-order valence-electron chi connectivity index (χ3n) is 3.37. The number of hydrogen-bond acceptors (Lipinski definition) is 9. The first-order valence-corrected chi connectivity index (χ1v) is 6.82. The van der Waals surface area contributed by atoms with E-state index in [4.69, 9.17) is 14.6 Å². The summed E-state index contributed by atoms with van der Waals surface area (Å²) in [5.74, 6) is -0.934. The first-order chi connectivity index (χ1) is 10.3. The lowest BCUT2D eigenvalue weighted by Crippen LogP contribution is -2.58. The van der Waals surface area contributed by atoms with Gasteiger partial charge in [-0.05, 0) is 12.8 Å². The van der Waals surface area contributed by atoms with Gasteiger partial charge in [0.1, 0.15) is 31.0 Å². The molecule has 0 aromatic rings. The van der Waals surface area contributed by atoms with Gasteiger partial charge in [0.15, 0.2) is 6.29 Å². The van der Waals surface area contributed by atoms with Gasteiger partial charge in [0.05, 0.1) is 11.7 Å². The normalized spacial score (nSPS) is 33.3. The van der Waals surface area contributed by atoms with Crippen LogP contribution in [0.5, 0.6) is 0 Å². The average molecular weight is 322 g/mol. The van der Waals surface area contributed by atoms with Crippen LogP contribution in [0.3, 0.4) is 0 Å². The molecule has 0 saturated carbocycles. The van der Waals surface area contributed by atoms with Gasteiger partial charge in [-0.25, -0.2) is 4.79 Å². The minimum absolute atomic E-state index is 0.136. The zero-order chi connectivity index (χ0) is 16.9. The third-order valence-corrected chi connectivity index (χ3v) is 3.37. The second-order valence-electron chi connectivity index (χ2n) is 5.04. The molecule has 0 aromatic heterocycles. The molecule has 0 amide bonds. The van der Waals surface area contributed by atoms with E-state index in [0.29, 0.717) is 0 Å². The Balaban J connectivity index is 2.48. The van der Waals surface area contributed by atoms with E-state index in [1.807, 2.05) is 0 Å². The number of esters is 1. The van der Waals surface area contributed by atoms with E-state index in [0.717, 1.165) is 0 Å². The van der Waals surface area contributed by atoms with Crippen molar-refractivity contribution in [1.82, 2.24) is 0 Å². The largest absolute Gasteiger partial charge is 0.459 e. The van der Waals surface area contributed by atoms with Crippen molar-refractivity contribution in [2.24, 2.45) is 0 Å². The molecule has 9 heteroatoms. The standard InChI is InChI=1S/C13H22O9/c1-6(7(15)3-2-4-14)12(19)21-5-8-9(16)10(17)11(18)13(20)22-8/h7-11,13-18,20H,1-5H2/t7-,8-,9-,10+,11-,13?/m1/s1. The van der Waals surface area contributed by atoms with Gasteiger partial charge in [-0.3, -0.25) is 0 Å². The lowest BCUT2D eigenvalue weighted by molar-refractivity contribution is -0.287. The zero-order valence-corrected chi connectivity index (χ0v) is 11.9. The summed E-state index contributed by atoms with van der Waals surface area (Å²) in [5.41, 5.74) is -0.222. The van der Waals surface area contributed by atoms with Crippen LogP contribution in [0.2, 0.25) is 0 Å². The number of rotatable bonds is 7. The summed E-state index contributed by atoms with van der Waals surface area (Å²) >= 11 is 0. The highest BCUT2D eigenvalue weighted by atomic mass is 16.6. The molecule has 0 aliphatic carbocycles. The molecule has 22 heavy (non-hydrogen) atoms. The Morgan fingerprint density at radius 3 is 2.41 bits per heavy atom. The molecule has 1 heterocycles. The minimum atomic E-state index is -1.72. The Morgan fingerprint density at radius 2 is 1.82 bits per heavy atom. The maximum atomic E-state index is 11.7. The summed E-state index contributed by atoms with van der Waals surface area (Å²) < 4.78 is 9.63. The Labute approximate surface area is 127 Å². The molecular weight excluding hydrogens is 300 g/mol. The molecule has 1 unspecified atom stereocenters. The van der Waals surface area contributed by atoms with Crippen molar-refractivity contribution in [1.29, 1.82) is 0 Å². The summed E-state index contributed by atoms with van der Waals surface area (Å²) in [6, 6.07) is 0. The molecule has 1 aliphatic rings. The van der Waals surface area contributed by atoms with Crippen LogP contribution in [0.1, 0.15) is 12.8 Å². The first-order valence-electron chi connectivity index (χ1n) is 6.82. The highest BCUT2D eigenvalue weighted by molar-refractivity contribution is 5.88. The van der Waals surface area contributed by atoms with Crippen LogP contribution in [0, 0.1) is 0 Å². The molecule has 0 bridgehead atoms. The van der Waals surface area contributed by atoms with Gasteiger partial charge in [-0.1, -0.05) is 6.58 Å². The molecule has 6 N–H and O–H groups in total. The maximum Gasteiger partial charge on any atom is 0.336 e. The lowest BCUT2D eigenvalue weighted by Gasteiger charge is -2.37. The lowest BCUT2D eigenvalue weighted by atomic mass is 9.99. The summed E-state index contributed by atoms with van der Waals surface area (Å²) in [5, 5.41) is 56.0. The summed E-state index contributed by atoms with van der Waals surface area (Å²) in [4.78, 5) is 11.7. The Morgan fingerprint density at radius 1 is 1.18 bits per heavy atom.